The van der Waals surface area contributed by atoms with Crippen molar-refractivity contribution in [3.8, 4) is 0 Å². The van der Waals surface area contributed by atoms with E-state index in [4.69, 9.17) is 11.5 Å². The monoisotopic (exact) mass is 235 g/mol. The number of carbonyl (C=O) groups excluding carboxylic acids is 1. The lowest BCUT2D eigenvalue weighted by Crippen LogP contribution is -2.40. The predicted octanol–water partition coefficient (Wildman–Crippen LogP) is -0.241. The standard InChI is InChI=1S/C11H17N5O/c12-10(14-6-7-15-11(13)17)16-8-9-4-2-1-3-5-9/h1-5H,6-8H2,(H3,12,14,16)(H3,13,15,17). The van der Waals surface area contributed by atoms with Gasteiger partial charge in [0.05, 0.1) is 6.54 Å². The zero-order valence-electron chi connectivity index (χ0n) is 9.52. The van der Waals surface area contributed by atoms with Crippen LogP contribution in [0.1, 0.15) is 5.56 Å². The van der Waals surface area contributed by atoms with Gasteiger partial charge in [0.15, 0.2) is 5.96 Å². The summed E-state index contributed by atoms with van der Waals surface area (Å²) in [7, 11) is 0. The van der Waals surface area contributed by atoms with Crippen LogP contribution in [0.4, 0.5) is 4.79 Å². The van der Waals surface area contributed by atoms with Gasteiger partial charge in [0.2, 0.25) is 0 Å². The molecule has 0 atom stereocenters. The van der Waals surface area contributed by atoms with E-state index in [2.05, 4.69) is 15.6 Å². The summed E-state index contributed by atoms with van der Waals surface area (Å²) in [6.07, 6.45) is 0. The average molecular weight is 235 g/mol. The van der Waals surface area contributed by atoms with Gasteiger partial charge in [-0.3, -0.25) is 0 Å². The molecular formula is C11H17N5O. The maximum Gasteiger partial charge on any atom is 0.312 e. The van der Waals surface area contributed by atoms with E-state index in [9.17, 15) is 4.79 Å². The van der Waals surface area contributed by atoms with Crippen LogP contribution in [0.25, 0.3) is 0 Å². The van der Waals surface area contributed by atoms with Crippen LogP contribution in [-0.4, -0.2) is 25.1 Å². The lowest BCUT2D eigenvalue weighted by molar-refractivity contribution is 0.249. The number of urea groups is 1. The summed E-state index contributed by atoms with van der Waals surface area (Å²) in [4.78, 5) is 14.5. The first-order chi connectivity index (χ1) is 8.18. The minimum atomic E-state index is -0.549. The number of nitrogens with one attached hydrogen (secondary N) is 2. The van der Waals surface area contributed by atoms with Crippen molar-refractivity contribution >= 4 is 12.0 Å². The van der Waals surface area contributed by atoms with Crippen LogP contribution in [0, 0.1) is 0 Å². The molecule has 0 spiro atoms. The third-order valence-corrected chi connectivity index (χ3v) is 2.01. The van der Waals surface area contributed by atoms with Crippen molar-refractivity contribution in [1.29, 1.82) is 0 Å². The molecule has 1 rings (SSSR count). The zero-order valence-corrected chi connectivity index (χ0v) is 9.52. The summed E-state index contributed by atoms with van der Waals surface area (Å²) >= 11 is 0. The number of hydrogen-bond acceptors (Lipinski definition) is 2. The highest BCUT2D eigenvalue weighted by molar-refractivity contribution is 5.77. The van der Waals surface area contributed by atoms with E-state index in [-0.39, 0.29) is 0 Å². The van der Waals surface area contributed by atoms with E-state index in [1.54, 1.807) is 0 Å². The fourth-order valence-corrected chi connectivity index (χ4v) is 1.19. The molecule has 1 aromatic carbocycles. The summed E-state index contributed by atoms with van der Waals surface area (Å²) in [5.74, 6) is 0.347. The van der Waals surface area contributed by atoms with Gasteiger partial charge in [-0.2, -0.15) is 0 Å². The van der Waals surface area contributed by atoms with Crippen molar-refractivity contribution in [2.24, 2.45) is 16.5 Å². The number of hydrogen-bond donors (Lipinski definition) is 4. The quantitative estimate of drug-likeness (QED) is 0.321. The molecule has 6 N–H and O–H groups in total. The Kier molecular flexibility index (Phi) is 5.36. The van der Waals surface area contributed by atoms with E-state index in [0.717, 1.165) is 5.56 Å². The van der Waals surface area contributed by atoms with Gasteiger partial charge in [-0.05, 0) is 5.56 Å². The zero-order chi connectivity index (χ0) is 12.5. The molecule has 6 heteroatoms. The maximum atomic E-state index is 10.4. The van der Waals surface area contributed by atoms with Crippen molar-refractivity contribution in [2.75, 3.05) is 13.1 Å². The molecule has 6 nitrogen and oxygen atoms in total. The van der Waals surface area contributed by atoms with Crippen molar-refractivity contribution in [2.45, 2.75) is 6.54 Å². The van der Waals surface area contributed by atoms with Crippen molar-refractivity contribution in [3.05, 3.63) is 35.9 Å². The predicted molar refractivity (Wildman–Crippen MR) is 67.4 cm³/mol. The molecule has 0 aliphatic rings. The molecule has 0 saturated heterocycles. The fraction of sp³-hybridized carbons (Fsp3) is 0.273. The number of carbonyl (C=O) groups is 1. The molecule has 2 amide bonds. The van der Waals surface area contributed by atoms with Gasteiger partial charge >= 0.3 is 6.03 Å². The Hall–Kier alpha value is -2.24. The molecular weight excluding hydrogens is 218 g/mol. The third kappa shape index (κ3) is 6.03. The van der Waals surface area contributed by atoms with E-state index in [1.165, 1.54) is 0 Å². The molecule has 17 heavy (non-hydrogen) atoms. The third-order valence-electron chi connectivity index (χ3n) is 2.01. The van der Waals surface area contributed by atoms with E-state index in [1.807, 2.05) is 30.3 Å². The largest absolute Gasteiger partial charge is 0.370 e. The molecule has 0 unspecified atom stereocenters. The molecule has 0 saturated carbocycles. The maximum absolute atomic E-state index is 10.4. The average Bonchev–Trinajstić information content (AvgIpc) is 2.33. The van der Waals surface area contributed by atoms with Crippen LogP contribution in [-0.2, 0) is 6.54 Å². The van der Waals surface area contributed by atoms with Gasteiger partial charge < -0.3 is 22.1 Å². The number of primary amides is 1. The van der Waals surface area contributed by atoms with Crippen LogP contribution < -0.4 is 22.1 Å². The summed E-state index contributed by atoms with van der Waals surface area (Å²) in [5, 5.41) is 5.31. The Labute approximate surface area is 100 Å². The number of nitrogens with two attached hydrogens (primary N) is 2. The molecule has 0 aliphatic heterocycles. The van der Waals surface area contributed by atoms with E-state index in [0.29, 0.717) is 25.6 Å². The number of aliphatic imine (C=N–C) groups is 1. The Morgan fingerprint density at radius 2 is 1.76 bits per heavy atom. The van der Waals surface area contributed by atoms with Crippen LogP contribution in [0.5, 0.6) is 0 Å². The highest BCUT2D eigenvalue weighted by Gasteiger charge is 1.93. The second kappa shape index (κ2) is 7.10. The molecule has 1 aromatic rings. The number of guanidine groups is 1. The van der Waals surface area contributed by atoms with Crippen LogP contribution in [0.15, 0.2) is 35.3 Å². The molecule has 0 heterocycles. The Bertz CT molecular complexity index is 377. The van der Waals surface area contributed by atoms with E-state index < -0.39 is 6.03 Å². The number of nitrogens with zero attached hydrogens (tertiary/aromatic N) is 1. The SMILES string of the molecule is NC(=O)NCCNC(N)=NCc1ccccc1. The molecule has 0 radical (unpaired) electrons. The van der Waals surface area contributed by atoms with Crippen LogP contribution in [0.2, 0.25) is 0 Å². The molecule has 0 aliphatic carbocycles. The van der Waals surface area contributed by atoms with Crippen molar-refractivity contribution in [1.82, 2.24) is 10.6 Å². The van der Waals surface area contributed by atoms with Gasteiger partial charge in [0, 0.05) is 13.1 Å². The Balaban J connectivity index is 2.23. The number of rotatable bonds is 5. The summed E-state index contributed by atoms with van der Waals surface area (Å²) < 4.78 is 0. The first kappa shape index (κ1) is 12.8. The second-order valence-corrected chi connectivity index (χ2v) is 3.40. The highest BCUT2D eigenvalue weighted by atomic mass is 16.2. The minimum absolute atomic E-state index is 0.347. The lowest BCUT2D eigenvalue weighted by atomic mass is 10.2. The first-order valence-electron chi connectivity index (χ1n) is 5.29. The summed E-state index contributed by atoms with van der Waals surface area (Å²) in [6, 6.07) is 9.25. The Morgan fingerprint density at radius 1 is 1.12 bits per heavy atom. The van der Waals surface area contributed by atoms with Crippen LogP contribution in [0.3, 0.4) is 0 Å². The lowest BCUT2D eigenvalue weighted by Gasteiger charge is -2.05. The fourth-order valence-electron chi connectivity index (χ4n) is 1.19. The number of amides is 2. The van der Waals surface area contributed by atoms with Crippen molar-refractivity contribution in [3.63, 3.8) is 0 Å². The van der Waals surface area contributed by atoms with Gasteiger partial charge in [-0.15, -0.1) is 0 Å². The highest BCUT2D eigenvalue weighted by Crippen LogP contribution is 1.99. The summed E-state index contributed by atoms with van der Waals surface area (Å²) in [6.45, 7) is 1.44. The Morgan fingerprint density at radius 3 is 2.41 bits per heavy atom. The molecule has 0 aromatic heterocycles. The van der Waals surface area contributed by atoms with Crippen LogP contribution >= 0.6 is 0 Å². The molecule has 92 valence electrons. The summed E-state index contributed by atoms with van der Waals surface area (Å²) in [5.41, 5.74) is 11.6. The van der Waals surface area contributed by atoms with Gasteiger partial charge in [-0.1, -0.05) is 30.3 Å². The number of benzene rings is 1. The second-order valence-electron chi connectivity index (χ2n) is 3.40. The first-order valence-corrected chi connectivity index (χ1v) is 5.29. The topological polar surface area (TPSA) is 106 Å². The van der Waals surface area contributed by atoms with Crippen molar-refractivity contribution < 1.29 is 4.79 Å². The minimum Gasteiger partial charge on any atom is -0.370 e. The molecule has 0 bridgehead atoms. The van der Waals surface area contributed by atoms with Gasteiger partial charge in [0.25, 0.3) is 0 Å². The molecule has 0 fully saturated rings. The smallest absolute Gasteiger partial charge is 0.312 e. The normalized spacial score (nSPS) is 10.9. The van der Waals surface area contributed by atoms with Gasteiger partial charge in [0.1, 0.15) is 0 Å². The van der Waals surface area contributed by atoms with Gasteiger partial charge in [-0.25, -0.2) is 9.79 Å². The van der Waals surface area contributed by atoms with E-state index >= 15 is 0 Å².